The number of imide groups is 1. The van der Waals surface area contributed by atoms with Crippen LogP contribution in [0.25, 0.3) is 0 Å². The van der Waals surface area contributed by atoms with Gasteiger partial charge in [0.25, 0.3) is 0 Å². The number of Topliss-reactive ketones (excluding diaryl/α,β-unsaturated/α-hetero) is 2. The van der Waals surface area contributed by atoms with Crippen molar-refractivity contribution in [2.24, 2.45) is 23.7 Å². The Labute approximate surface area is 141 Å². The molecule has 4 fully saturated rings. The summed E-state index contributed by atoms with van der Waals surface area (Å²) in [7, 11) is 0. The number of hydrogen-bond donors (Lipinski definition) is 0. The molecule has 0 spiro atoms. The number of benzene rings is 1. The number of halogens is 2. The average Bonchev–Trinajstić information content (AvgIpc) is 2.77. The summed E-state index contributed by atoms with van der Waals surface area (Å²) in [6.45, 7) is 0. The number of hydrogen-bond acceptors (Lipinski definition) is 4. The van der Waals surface area contributed by atoms with Crippen LogP contribution in [-0.4, -0.2) is 23.4 Å². The Morgan fingerprint density at radius 1 is 0.826 bits per heavy atom. The van der Waals surface area contributed by atoms with Crippen molar-refractivity contribution < 1.29 is 19.2 Å². The van der Waals surface area contributed by atoms with Gasteiger partial charge in [0.05, 0.1) is 27.6 Å². The average molecular weight is 352 g/mol. The summed E-state index contributed by atoms with van der Waals surface area (Å²) in [5, 5.41) is 0.548. The van der Waals surface area contributed by atoms with Crippen molar-refractivity contribution in [3.63, 3.8) is 0 Å². The molecule has 0 aromatic heterocycles. The first-order valence-corrected chi connectivity index (χ1v) is 8.04. The van der Waals surface area contributed by atoms with E-state index in [1.54, 1.807) is 0 Å². The van der Waals surface area contributed by atoms with Crippen LogP contribution in [-0.2, 0) is 19.2 Å². The fourth-order valence-corrected chi connectivity index (χ4v) is 4.35. The number of anilines is 1. The van der Waals surface area contributed by atoms with E-state index in [0.717, 1.165) is 4.90 Å². The van der Waals surface area contributed by atoms with E-state index in [0.29, 0.717) is 10.7 Å². The van der Waals surface area contributed by atoms with Gasteiger partial charge in [0, 0.05) is 24.7 Å². The van der Waals surface area contributed by atoms with Crippen LogP contribution in [0.2, 0.25) is 10.0 Å². The number of nitrogens with zero attached hydrogens (tertiary/aromatic N) is 1. The van der Waals surface area contributed by atoms with E-state index in [2.05, 4.69) is 0 Å². The second-order valence-corrected chi connectivity index (χ2v) is 7.03. The summed E-state index contributed by atoms with van der Waals surface area (Å²) in [6.07, 6.45) is 0.137. The summed E-state index contributed by atoms with van der Waals surface area (Å²) < 4.78 is 0. The van der Waals surface area contributed by atoms with Crippen LogP contribution in [0, 0.1) is 23.7 Å². The molecule has 4 aliphatic rings. The summed E-state index contributed by atoms with van der Waals surface area (Å²) in [5.74, 6) is -3.80. The minimum absolute atomic E-state index is 0.0684. The lowest BCUT2D eigenvalue weighted by atomic mass is 9.58. The van der Waals surface area contributed by atoms with Crippen LogP contribution in [0.3, 0.4) is 0 Å². The topological polar surface area (TPSA) is 71.5 Å². The molecule has 1 heterocycles. The van der Waals surface area contributed by atoms with Crippen molar-refractivity contribution in [2.75, 3.05) is 4.90 Å². The van der Waals surface area contributed by atoms with E-state index in [9.17, 15) is 19.2 Å². The van der Waals surface area contributed by atoms with Gasteiger partial charge in [0.1, 0.15) is 11.6 Å². The molecule has 0 radical (unpaired) electrons. The van der Waals surface area contributed by atoms with Gasteiger partial charge in [0.2, 0.25) is 11.8 Å². The lowest BCUT2D eigenvalue weighted by molar-refractivity contribution is -0.153. The van der Waals surface area contributed by atoms with Gasteiger partial charge in [-0.15, -0.1) is 0 Å². The zero-order valence-electron chi connectivity index (χ0n) is 11.8. The fourth-order valence-electron chi connectivity index (χ4n) is 4.06. The first kappa shape index (κ1) is 14.8. The quantitative estimate of drug-likeness (QED) is 0.727. The third-order valence-corrected chi connectivity index (χ3v) is 5.83. The van der Waals surface area contributed by atoms with Crippen LogP contribution >= 0.6 is 23.2 Å². The van der Waals surface area contributed by atoms with E-state index < -0.39 is 35.5 Å². The largest absolute Gasteiger partial charge is 0.299 e. The van der Waals surface area contributed by atoms with Gasteiger partial charge < -0.3 is 0 Å². The molecule has 1 aliphatic heterocycles. The standard InChI is InChI=1S/C16H11Cl2NO4/c17-9-2-1-6(3-10(9)18)19-15(22)13-7-4-11(20)8(5-12(7)21)14(13)16(19)23/h1-3,7-8,13-14H,4-5H2/t7-,8-,13-,14+/m0/s1. The molecule has 5 nitrogen and oxygen atoms in total. The molecule has 3 saturated carbocycles. The third kappa shape index (κ3) is 1.93. The molecule has 5 rings (SSSR count). The Bertz CT molecular complexity index is 750. The summed E-state index contributed by atoms with van der Waals surface area (Å²) in [6, 6.07) is 4.49. The monoisotopic (exact) mass is 351 g/mol. The molecule has 1 saturated heterocycles. The predicted molar refractivity (Wildman–Crippen MR) is 82.2 cm³/mol. The lowest BCUT2D eigenvalue weighted by Crippen LogP contribution is -2.51. The molecule has 7 heteroatoms. The Hall–Kier alpha value is -1.72. The first-order chi connectivity index (χ1) is 10.9. The number of amides is 2. The molecule has 1 aromatic carbocycles. The third-order valence-electron chi connectivity index (χ3n) is 5.10. The minimum atomic E-state index is -0.721. The first-order valence-electron chi connectivity index (χ1n) is 7.28. The summed E-state index contributed by atoms with van der Waals surface area (Å²) in [4.78, 5) is 50.7. The maximum atomic E-state index is 12.8. The molecule has 2 amide bonds. The predicted octanol–water partition coefficient (Wildman–Crippen LogP) is 2.28. The number of rotatable bonds is 1. The van der Waals surface area contributed by atoms with Crippen LogP contribution in [0.1, 0.15) is 12.8 Å². The smallest absolute Gasteiger partial charge is 0.238 e. The Morgan fingerprint density at radius 3 is 1.83 bits per heavy atom. The molecule has 0 N–H and O–H groups in total. The van der Waals surface area contributed by atoms with Crippen LogP contribution in [0.15, 0.2) is 18.2 Å². The van der Waals surface area contributed by atoms with Crippen molar-refractivity contribution in [2.45, 2.75) is 12.8 Å². The van der Waals surface area contributed by atoms with Gasteiger partial charge in [-0.2, -0.15) is 0 Å². The lowest BCUT2D eigenvalue weighted by Gasteiger charge is -2.40. The number of ketones is 2. The van der Waals surface area contributed by atoms with E-state index in [1.165, 1.54) is 18.2 Å². The molecule has 118 valence electrons. The Kier molecular flexibility index (Phi) is 3.15. The molecule has 1 aromatic rings. The van der Waals surface area contributed by atoms with Crippen molar-refractivity contribution in [1.82, 2.24) is 0 Å². The minimum Gasteiger partial charge on any atom is -0.299 e. The Morgan fingerprint density at radius 2 is 1.35 bits per heavy atom. The zero-order valence-corrected chi connectivity index (χ0v) is 13.3. The summed E-state index contributed by atoms with van der Waals surface area (Å²) >= 11 is 11.8. The molecule has 4 atom stereocenters. The second kappa shape index (κ2) is 4.89. The fraction of sp³-hybridized carbons (Fsp3) is 0.375. The molecule has 23 heavy (non-hydrogen) atoms. The van der Waals surface area contributed by atoms with Crippen molar-refractivity contribution in [3.05, 3.63) is 28.2 Å². The van der Waals surface area contributed by atoms with Crippen molar-refractivity contribution >= 4 is 52.3 Å². The van der Waals surface area contributed by atoms with Gasteiger partial charge in [0.15, 0.2) is 0 Å². The van der Waals surface area contributed by atoms with Crippen LogP contribution < -0.4 is 4.90 Å². The van der Waals surface area contributed by atoms with Crippen molar-refractivity contribution in [1.29, 1.82) is 0 Å². The SMILES string of the molecule is O=C1C[C@H]2C(=O)C[C@@H]1[C@@H]1C(=O)N(c3ccc(Cl)c(Cl)c3)C(=O)[C@@H]12. The highest BCUT2D eigenvalue weighted by molar-refractivity contribution is 6.42. The number of carbonyl (C=O) groups excluding carboxylic acids is 4. The summed E-state index contributed by atoms with van der Waals surface area (Å²) in [5.41, 5.74) is 0.322. The van der Waals surface area contributed by atoms with Crippen LogP contribution in [0.5, 0.6) is 0 Å². The molecule has 3 aliphatic carbocycles. The number of carbonyl (C=O) groups is 4. The van der Waals surface area contributed by atoms with Gasteiger partial charge in [-0.05, 0) is 18.2 Å². The zero-order chi connectivity index (χ0) is 16.5. The molecule has 2 bridgehead atoms. The van der Waals surface area contributed by atoms with Gasteiger partial charge in [-0.1, -0.05) is 23.2 Å². The van der Waals surface area contributed by atoms with Gasteiger partial charge >= 0.3 is 0 Å². The molecule has 0 unspecified atom stereocenters. The Balaban J connectivity index is 1.79. The highest BCUT2D eigenvalue weighted by atomic mass is 35.5. The second-order valence-electron chi connectivity index (χ2n) is 6.22. The van der Waals surface area contributed by atoms with Gasteiger partial charge in [-0.25, -0.2) is 4.90 Å². The highest BCUT2D eigenvalue weighted by Crippen LogP contribution is 2.51. The van der Waals surface area contributed by atoms with E-state index in [-0.39, 0.29) is 29.4 Å². The molecular weight excluding hydrogens is 341 g/mol. The highest BCUT2D eigenvalue weighted by Gasteiger charge is 2.63. The van der Waals surface area contributed by atoms with Gasteiger partial charge in [-0.3, -0.25) is 19.2 Å². The van der Waals surface area contributed by atoms with Crippen molar-refractivity contribution in [3.8, 4) is 0 Å². The maximum Gasteiger partial charge on any atom is 0.238 e. The van der Waals surface area contributed by atoms with E-state index in [1.807, 2.05) is 0 Å². The van der Waals surface area contributed by atoms with E-state index >= 15 is 0 Å². The van der Waals surface area contributed by atoms with E-state index in [4.69, 9.17) is 23.2 Å². The number of fused-ring (bicyclic) bond motifs is 2. The van der Waals surface area contributed by atoms with Crippen LogP contribution in [0.4, 0.5) is 5.69 Å². The maximum absolute atomic E-state index is 12.8. The molecular formula is C16H11Cl2NO4. The normalized spacial score (nSPS) is 32.7.